The monoisotopic (exact) mass is 601 g/mol. The second-order valence-electron chi connectivity index (χ2n) is 11.8. The second-order valence-corrected chi connectivity index (χ2v) is 11.8. The molecule has 0 saturated heterocycles. The molecule has 0 saturated carbocycles. The first-order chi connectivity index (χ1) is 23.2. The number of benzene rings is 6. The predicted molar refractivity (Wildman–Crippen MR) is 194 cm³/mol. The number of nitrogens with zero attached hydrogens (tertiary/aromatic N) is 3. The van der Waals surface area contributed by atoms with Crippen LogP contribution in [0.3, 0.4) is 0 Å². The Balaban J connectivity index is 1.35. The van der Waals surface area contributed by atoms with E-state index in [0.717, 1.165) is 49.5 Å². The molecule has 0 bridgehead atoms. The van der Waals surface area contributed by atoms with E-state index in [1.165, 1.54) is 11.1 Å². The molecule has 9 aromatic rings. The fourth-order valence-electron chi connectivity index (χ4n) is 6.72. The van der Waals surface area contributed by atoms with Gasteiger partial charge in [-0.3, -0.25) is 4.79 Å². The average Bonchev–Trinajstić information content (AvgIpc) is 3.15. The van der Waals surface area contributed by atoms with Gasteiger partial charge in [-0.25, -0.2) is 14.4 Å². The zero-order valence-corrected chi connectivity index (χ0v) is 25.3. The van der Waals surface area contributed by atoms with Crippen LogP contribution in [0.2, 0.25) is 0 Å². The first-order valence-electron chi connectivity index (χ1n) is 15.7. The van der Waals surface area contributed by atoms with Gasteiger partial charge in [0.05, 0.1) is 10.9 Å². The Labute approximate surface area is 270 Å². The fraction of sp³-hybridized carbons (Fsp3) is 0. The Morgan fingerprint density at radius 1 is 0.404 bits per heavy atom. The van der Waals surface area contributed by atoms with E-state index in [1.54, 1.807) is 10.6 Å². The third-order valence-electron chi connectivity index (χ3n) is 9.04. The van der Waals surface area contributed by atoms with Gasteiger partial charge in [-0.2, -0.15) is 0 Å². The summed E-state index contributed by atoms with van der Waals surface area (Å²) >= 11 is 0. The van der Waals surface area contributed by atoms with Crippen LogP contribution in [0.1, 0.15) is 0 Å². The van der Waals surface area contributed by atoms with Gasteiger partial charge in [0.1, 0.15) is 11.3 Å². The number of aromatic nitrogens is 3. The van der Waals surface area contributed by atoms with Crippen molar-refractivity contribution in [3.8, 4) is 44.5 Å². The third kappa shape index (κ3) is 4.50. The van der Waals surface area contributed by atoms with Crippen LogP contribution in [0.25, 0.3) is 82.9 Å². The lowest BCUT2D eigenvalue weighted by Gasteiger charge is -2.15. The van der Waals surface area contributed by atoms with Gasteiger partial charge in [-0.1, -0.05) is 127 Å². The van der Waals surface area contributed by atoms with Gasteiger partial charge in [0.2, 0.25) is 0 Å². The van der Waals surface area contributed by atoms with E-state index in [-0.39, 0.29) is 5.56 Å². The molecule has 0 aliphatic heterocycles. The van der Waals surface area contributed by atoms with Crippen LogP contribution >= 0.6 is 0 Å². The molecule has 3 aromatic heterocycles. The number of fused-ring (bicyclic) bond motifs is 7. The lowest BCUT2D eigenvalue weighted by Crippen LogP contribution is -2.17. The summed E-state index contributed by atoms with van der Waals surface area (Å²) < 4.78 is 1.70. The molecule has 0 atom stereocenters. The largest absolute Gasteiger partial charge is 0.268 e. The van der Waals surface area contributed by atoms with E-state index in [1.807, 2.05) is 60.7 Å². The molecule has 220 valence electrons. The summed E-state index contributed by atoms with van der Waals surface area (Å²) in [5.41, 5.74) is 10.2. The molecule has 9 rings (SSSR count). The summed E-state index contributed by atoms with van der Waals surface area (Å²) in [5, 5.41) is 3.37. The minimum atomic E-state index is -0.136. The molecule has 0 amide bonds. The van der Waals surface area contributed by atoms with Crippen LogP contribution in [-0.4, -0.2) is 14.4 Å². The van der Waals surface area contributed by atoms with Gasteiger partial charge in [-0.15, -0.1) is 0 Å². The maximum Gasteiger partial charge on any atom is 0.267 e. The molecule has 0 unspecified atom stereocenters. The first kappa shape index (κ1) is 27.0. The summed E-state index contributed by atoms with van der Waals surface area (Å²) in [7, 11) is 0. The number of hydrogen-bond acceptors (Lipinski definition) is 3. The van der Waals surface area contributed by atoms with Gasteiger partial charge in [0.25, 0.3) is 5.56 Å². The third-order valence-corrected chi connectivity index (χ3v) is 9.04. The Hall–Kier alpha value is -6.39. The number of hydrogen-bond donors (Lipinski definition) is 0. The van der Waals surface area contributed by atoms with Crippen molar-refractivity contribution in [1.82, 2.24) is 14.4 Å². The second kappa shape index (κ2) is 10.9. The highest BCUT2D eigenvalue weighted by atomic mass is 16.1. The smallest absolute Gasteiger partial charge is 0.267 e. The predicted octanol–water partition coefficient (Wildman–Crippen LogP) is 10.2. The minimum absolute atomic E-state index is 0.136. The van der Waals surface area contributed by atoms with Crippen molar-refractivity contribution in [2.45, 2.75) is 0 Å². The van der Waals surface area contributed by atoms with Gasteiger partial charge < -0.3 is 0 Å². The van der Waals surface area contributed by atoms with Crippen LogP contribution in [0.4, 0.5) is 0 Å². The summed E-state index contributed by atoms with van der Waals surface area (Å²) in [4.78, 5) is 24.8. The van der Waals surface area contributed by atoms with E-state index in [4.69, 9.17) is 9.97 Å². The highest BCUT2D eigenvalue weighted by molar-refractivity contribution is 6.13. The van der Waals surface area contributed by atoms with Crippen molar-refractivity contribution in [3.05, 3.63) is 174 Å². The van der Waals surface area contributed by atoms with Crippen molar-refractivity contribution in [2.24, 2.45) is 0 Å². The Bertz CT molecular complexity index is 2670. The van der Waals surface area contributed by atoms with E-state index in [2.05, 4.69) is 97.1 Å². The summed E-state index contributed by atoms with van der Waals surface area (Å²) in [5.74, 6) is 0. The zero-order valence-electron chi connectivity index (χ0n) is 25.3. The Morgan fingerprint density at radius 3 is 1.64 bits per heavy atom. The number of pyridine rings is 2. The molecule has 3 heterocycles. The van der Waals surface area contributed by atoms with Crippen LogP contribution in [0.15, 0.2) is 169 Å². The maximum absolute atomic E-state index is 14.7. The van der Waals surface area contributed by atoms with E-state index < -0.39 is 0 Å². The van der Waals surface area contributed by atoms with Gasteiger partial charge in [0, 0.05) is 22.5 Å². The summed E-state index contributed by atoms with van der Waals surface area (Å²) in [6, 6.07) is 53.9. The van der Waals surface area contributed by atoms with Gasteiger partial charge in [0.15, 0.2) is 0 Å². The topological polar surface area (TPSA) is 47.3 Å². The molecular weight excluding hydrogens is 574 g/mol. The van der Waals surface area contributed by atoms with E-state index >= 15 is 0 Å². The zero-order chi connectivity index (χ0) is 31.3. The average molecular weight is 602 g/mol. The molecule has 4 heteroatoms. The molecule has 0 radical (unpaired) electrons. The molecule has 0 spiro atoms. The van der Waals surface area contributed by atoms with Crippen molar-refractivity contribution in [2.75, 3.05) is 0 Å². The van der Waals surface area contributed by atoms with Gasteiger partial charge >= 0.3 is 0 Å². The highest BCUT2D eigenvalue weighted by Crippen LogP contribution is 2.36. The molecule has 4 nitrogen and oxygen atoms in total. The van der Waals surface area contributed by atoms with E-state index in [9.17, 15) is 4.79 Å². The lowest BCUT2D eigenvalue weighted by atomic mass is 9.95. The molecule has 0 fully saturated rings. The fourth-order valence-corrected chi connectivity index (χ4v) is 6.72. The summed E-state index contributed by atoms with van der Waals surface area (Å²) in [6.45, 7) is 0. The Kier molecular flexibility index (Phi) is 6.25. The quantitative estimate of drug-likeness (QED) is 0.149. The standard InChI is InChI=1S/C43H27N3O/c47-43-39-27-34(29-13-6-2-7-14-29)26-37(32-15-8-3-9-16-32)40(39)45-42-38-25-33(22-23-35(38)36-17-10-24-44-41(36)46(42)43)31-20-18-30(19-21-31)28-11-4-1-5-12-28/h1-27H. The van der Waals surface area contributed by atoms with Crippen molar-refractivity contribution in [3.63, 3.8) is 0 Å². The lowest BCUT2D eigenvalue weighted by molar-refractivity contribution is 1.10. The minimum Gasteiger partial charge on any atom is -0.268 e. The molecule has 0 aliphatic carbocycles. The van der Waals surface area contributed by atoms with E-state index in [0.29, 0.717) is 22.2 Å². The molecule has 6 aromatic carbocycles. The van der Waals surface area contributed by atoms with Crippen LogP contribution in [-0.2, 0) is 0 Å². The molecule has 47 heavy (non-hydrogen) atoms. The maximum atomic E-state index is 14.7. The van der Waals surface area contributed by atoms with Crippen molar-refractivity contribution in [1.29, 1.82) is 0 Å². The van der Waals surface area contributed by atoms with Crippen LogP contribution in [0, 0.1) is 0 Å². The SMILES string of the molecule is O=c1c2cc(-c3ccccc3)cc(-c3ccccc3)c2nc2c3cc(-c4ccc(-c5ccccc5)cc4)ccc3c3cccnc3n12. The van der Waals surface area contributed by atoms with Crippen molar-refractivity contribution >= 4 is 38.4 Å². The van der Waals surface area contributed by atoms with Gasteiger partial charge in [-0.05, 0) is 74.7 Å². The molecule has 0 N–H and O–H groups in total. The molecule has 0 aliphatic rings. The van der Waals surface area contributed by atoms with Crippen LogP contribution < -0.4 is 5.56 Å². The first-order valence-corrected chi connectivity index (χ1v) is 15.7. The normalized spacial score (nSPS) is 11.5. The Morgan fingerprint density at radius 2 is 0.957 bits per heavy atom. The molecular formula is C43H27N3O. The van der Waals surface area contributed by atoms with Crippen molar-refractivity contribution < 1.29 is 0 Å². The summed E-state index contributed by atoms with van der Waals surface area (Å²) in [6.07, 6.45) is 1.74. The highest BCUT2D eigenvalue weighted by Gasteiger charge is 2.19. The van der Waals surface area contributed by atoms with Crippen LogP contribution in [0.5, 0.6) is 0 Å². The number of rotatable bonds is 4.